The first-order valence-corrected chi connectivity index (χ1v) is 4.33. The Bertz CT molecular complexity index is 354. The molecule has 0 aliphatic carbocycles. The fourth-order valence-corrected chi connectivity index (χ4v) is 1.38. The van der Waals surface area contributed by atoms with Gasteiger partial charge in [-0.2, -0.15) is 0 Å². The van der Waals surface area contributed by atoms with Crippen molar-refractivity contribution in [2.24, 2.45) is 5.73 Å². The average Bonchev–Trinajstić information content (AvgIpc) is 2.16. The lowest BCUT2D eigenvalue weighted by molar-refractivity contribution is 0.0697. The first kappa shape index (κ1) is 11.0. The van der Waals surface area contributed by atoms with E-state index in [2.05, 4.69) is 0 Å². The number of rotatable bonds is 3. The third-order valence-corrected chi connectivity index (χ3v) is 2.17. The van der Waals surface area contributed by atoms with Crippen LogP contribution in [0, 0.1) is 0 Å². The summed E-state index contributed by atoms with van der Waals surface area (Å²) < 4.78 is 0. The van der Waals surface area contributed by atoms with Gasteiger partial charge in [-0.3, -0.25) is 0 Å². The summed E-state index contributed by atoms with van der Waals surface area (Å²) >= 11 is 5.79. The normalized spacial score (nSPS) is 12.5. The molecular weight excluding hydrogens is 206 g/mol. The largest absolute Gasteiger partial charge is 0.478 e. The van der Waals surface area contributed by atoms with E-state index in [4.69, 9.17) is 27.5 Å². The van der Waals surface area contributed by atoms with Crippen molar-refractivity contribution in [3.8, 4) is 0 Å². The molecule has 0 aromatic heterocycles. The molecule has 0 aliphatic heterocycles. The highest BCUT2D eigenvalue weighted by molar-refractivity contribution is 6.31. The molecule has 0 aliphatic rings. The Labute approximate surface area is 85.9 Å². The maximum atomic E-state index is 10.6. The number of aromatic carboxylic acids is 1. The molecular formula is C9H10ClNO3. The molecule has 0 heterocycles. The minimum absolute atomic E-state index is 0.101. The molecule has 4 nitrogen and oxygen atoms in total. The summed E-state index contributed by atoms with van der Waals surface area (Å²) in [6.07, 6.45) is 0. The van der Waals surface area contributed by atoms with Gasteiger partial charge in [0.2, 0.25) is 0 Å². The lowest BCUT2D eigenvalue weighted by Crippen LogP contribution is -2.15. The van der Waals surface area contributed by atoms with Gasteiger partial charge in [-0.1, -0.05) is 17.7 Å². The highest BCUT2D eigenvalue weighted by Gasteiger charge is 2.11. The van der Waals surface area contributed by atoms with Crippen LogP contribution >= 0.6 is 11.6 Å². The second kappa shape index (κ2) is 4.41. The maximum absolute atomic E-state index is 10.6. The van der Waals surface area contributed by atoms with Gasteiger partial charge in [-0.15, -0.1) is 0 Å². The first-order valence-electron chi connectivity index (χ1n) is 3.95. The molecule has 14 heavy (non-hydrogen) atoms. The zero-order valence-corrected chi connectivity index (χ0v) is 8.03. The van der Waals surface area contributed by atoms with Gasteiger partial charge in [0.15, 0.2) is 0 Å². The average molecular weight is 216 g/mol. The minimum Gasteiger partial charge on any atom is -0.478 e. The highest BCUT2D eigenvalue weighted by atomic mass is 35.5. The number of hydrogen-bond acceptors (Lipinski definition) is 3. The van der Waals surface area contributed by atoms with E-state index < -0.39 is 12.0 Å². The Morgan fingerprint density at radius 1 is 1.57 bits per heavy atom. The molecule has 0 amide bonds. The third kappa shape index (κ3) is 2.23. The number of aliphatic hydroxyl groups is 1. The van der Waals surface area contributed by atoms with Crippen molar-refractivity contribution in [1.82, 2.24) is 0 Å². The van der Waals surface area contributed by atoms with Crippen molar-refractivity contribution in [2.45, 2.75) is 6.04 Å². The molecule has 1 rings (SSSR count). The highest BCUT2D eigenvalue weighted by Crippen LogP contribution is 2.22. The molecule has 0 bridgehead atoms. The van der Waals surface area contributed by atoms with E-state index in [-0.39, 0.29) is 17.2 Å². The van der Waals surface area contributed by atoms with E-state index in [1.165, 1.54) is 18.2 Å². The van der Waals surface area contributed by atoms with Crippen LogP contribution in [0.25, 0.3) is 0 Å². The fourth-order valence-electron chi connectivity index (χ4n) is 1.06. The topological polar surface area (TPSA) is 83.5 Å². The maximum Gasteiger partial charge on any atom is 0.335 e. The fraction of sp³-hybridized carbons (Fsp3) is 0.222. The second-order valence-corrected chi connectivity index (χ2v) is 3.24. The van der Waals surface area contributed by atoms with Crippen molar-refractivity contribution in [1.29, 1.82) is 0 Å². The van der Waals surface area contributed by atoms with Crippen LogP contribution in [0.1, 0.15) is 22.0 Å². The van der Waals surface area contributed by atoms with Crippen LogP contribution in [-0.2, 0) is 0 Å². The van der Waals surface area contributed by atoms with Crippen LogP contribution in [0.15, 0.2) is 18.2 Å². The van der Waals surface area contributed by atoms with Crippen LogP contribution in [0.4, 0.5) is 0 Å². The van der Waals surface area contributed by atoms with E-state index in [0.29, 0.717) is 5.56 Å². The number of halogens is 1. The molecule has 1 atom stereocenters. The smallest absolute Gasteiger partial charge is 0.335 e. The Morgan fingerprint density at radius 3 is 2.64 bits per heavy atom. The van der Waals surface area contributed by atoms with Crippen molar-refractivity contribution in [3.05, 3.63) is 34.3 Å². The number of carboxylic acids is 1. The standard InChI is InChI=1S/C9H10ClNO3/c10-7-3-5(9(13)14)1-2-6(7)8(11)4-12/h1-3,8,12H,4,11H2,(H,13,14). The molecule has 0 spiro atoms. The summed E-state index contributed by atoms with van der Waals surface area (Å²) in [6, 6.07) is 3.64. The molecule has 5 heteroatoms. The van der Waals surface area contributed by atoms with Crippen LogP contribution in [0.5, 0.6) is 0 Å². The summed E-state index contributed by atoms with van der Waals surface area (Å²) in [6.45, 7) is -0.230. The monoisotopic (exact) mass is 215 g/mol. The predicted molar refractivity (Wildman–Crippen MR) is 52.4 cm³/mol. The van der Waals surface area contributed by atoms with E-state index in [0.717, 1.165) is 0 Å². The van der Waals surface area contributed by atoms with Gasteiger partial charge in [0.25, 0.3) is 0 Å². The lowest BCUT2D eigenvalue weighted by Gasteiger charge is -2.10. The van der Waals surface area contributed by atoms with Crippen molar-refractivity contribution >= 4 is 17.6 Å². The summed E-state index contributed by atoms with van der Waals surface area (Å²) in [5, 5.41) is 17.7. The summed E-state index contributed by atoms with van der Waals surface area (Å²) in [7, 11) is 0. The van der Waals surface area contributed by atoms with E-state index in [9.17, 15) is 4.79 Å². The predicted octanol–water partition coefficient (Wildman–Crippen LogP) is 1.03. The number of carbonyl (C=O) groups is 1. The Kier molecular flexibility index (Phi) is 3.46. The zero-order chi connectivity index (χ0) is 10.7. The quantitative estimate of drug-likeness (QED) is 0.703. The lowest BCUT2D eigenvalue weighted by atomic mass is 10.1. The van der Waals surface area contributed by atoms with E-state index in [1.54, 1.807) is 0 Å². The molecule has 0 saturated carbocycles. The van der Waals surface area contributed by atoms with Gasteiger partial charge in [0.05, 0.1) is 18.2 Å². The van der Waals surface area contributed by atoms with Crippen LogP contribution in [-0.4, -0.2) is 22.8 Å². The van der Waals surface area contributed by atoms with Gasteiger partial charge in [0, 0.05) is 5.02 Å². The van der Waals surface area contributed by atoms with Gasteiger partial charge >= 0.3 is 5.97 Å². The minimum atomic E-state index is -1.05. The first-order chi connectivity index (χ1) is 6.56. The van der Waals surface area contributed by atoms with E-state index in [1.807, 2.05) is 0 Å². The Morgan fingerprint density at radius 2 is 2.21 bits per heavy atom. The SMILES string of the molecule is NC(CO)c1ccc(C(=O)O)cc1Cl. The number of aliphatic hydroxyl groups excluding tert-OH is 1. The molecule has 1 unspecified atom stereocenters. The summed E-state index contributed by atoms with van der Waals surface area (Å²) in [4.78, 5) is 10.6. The summed E-state index contributed by atoms with van der Waals surface area (Å²) in [5.41, 5.74) is 6.18. The molecule has 4 N–H and O–H groups in total. The van der Waals surface area contributed by atoms with Gasteiger partial charge in [0.1, 0.15) is 0 Å². The van der Waals surface area contributed by atoms with Gasteiger partial charge < -0.3 is 15.9 Å². The third-order valence-electron chi connectivity index (χ3n) is 1.84. The number of carboxylic acid groups (broad SMARTS) is 1. The number of nitrogens with two attached hydrogens (primary N) is 1. The van der Waals surface area contributed by atoms with Crippen LogP contribution in [0.3, 0.4) is 0 Å². The Hall–Kier alpha value is -1.10. The number of benzene rings is 1. The molecule has 1 aromatic rings. The zero-order valence-electron chi connectivity index (χ0n) is 7.27. The molecule has 0 radical (unpaired) electrons. The molecule has 0 saturated heterocycles. The number of hydrogen-bond donors (Lipinski definition) is 3. The van der Waals surface area contributed by atoms with Crippen LogP contribution < -0.4 is 5.73 Å². The second-order valence-electron chi connectivity index (χ2n) is 2.83. The van der Waals surface area contributed by atoms with Crippen molar-refractivity contribution < 1.29 is 15.0 Å². The van der Waals surface area contributed by atoms with Gasteiger partial charge in [-0.25, -0.2) is 4.79 Å². The van der Waals surface area contributed by atoms with Crippen LogP contribution in [0.2, 0.25) is 5.02 Å². The van der Waals surface area contributed by atoms with Crippen molar-refractivity contribution in [2.75, 3.05) is 6.61 Å². The van der Waals surface area contributed by atoms with Crippen molar-refractivity contribution in [3.63, 3.8) is 0 Å². The molecule has 0 fully saturated rings. The Balaban J connectivity index is 3.07. The molecule has 76 valence electrons. The van der Waals surface area contributed by atoms with E-state index >= 15 is 0 Å². The summed E-state index contributed by atoms with van der Waals surface area (Å²) in [5.74, 6) is -1.05. The molecule has 1 aromatic carbocycles. The van der Waals surface area contributed by atoms with Gasteiger partial charge in [-0.05, 0) is 17.7 Å².